The van der Waals surface area contributed by atoms with Crippen LogP contribution in [0.3, 0.4) is 0 Å². The van der Waals surface area contributed by atoms with Crippen LogP contribution >= 0.6 is 11.3 Å². The Bertz CT molecular complexity index is 664. The van der Waals surface area contributed by atoms with Crippen molar-refractivity contribution in [3.05, 3.63) is 59.0 Å². The number of benzene rings is 1. The molecule has 2 aromatic rings. The molecule has 1 aliphatic heterocycles. The minimum atomic E-state index is -4.27. The first kappa shape index (κ1) is 16.1. The standard InChI is InChI=1S/C11H7F3S.C4H6N2O/c12-11(13,14)10-3-1-2-8(6-10)9-4-5-15-7-9;5-4-6-2-1-3-7-4/h1-7H;1,3H,2H2,(H2,5,6). The minimum absolute atomic E-state index is 0.252. The smallest absolute Gasteiger partial charge is 0.416 e. The number of aliphatic imine (C=N–C) groups is 1. The fourth-order valence-corrected chi connectivity index (χ4v) is 2.31. The Hall–Kier alpha value is -2.28. The summed E-state index contributed by atoms with van der Waals surface area (Å²) in [5.74, 6) is 0. The summed E-state index contributed by atoms with van der Waals surface area (Å²) in [7, 11) is 0. The number of alkyl halides is 3. The van der Waals surface area contributed by atoms with Crippen molar-refractivity contribution in [3.63, 3.8) is 0 Å². The van der Waals surface area contributed by atoms with Crippen LogP contribution in [0, 0.1) is 0 Å². The normalized spacial score (nSPS) is 13.7. The number of nitrogens with zero attached hydrogens (tertiary/aromatic N) is 1. The summed E-state index contributed by atoms with van der Waals surface area (Å²) in [4.78, 5) is 3.72. The van der Waals surface area contributed by atoms with Crippen molar-refractivity contribution in [3.8, 4) is 11.1 Å². The van der Waals surface area contributed by atoms with Crippen molar-refractivity contribution in [1.29, 1.82) is 0 Å². The molecule has 0 atom stereocenters. The predicted octanol–water partition coefficient (Wildman–Crippen LogP) is 4.28. The van der Waals surface area contributed by atoms with Gasteiger partial charge in [-0.2, -0.15) is 24.5 Å². The Morgan fingerprint density at radius 3 is 2.50 bits per heavy atom. The highest BCUT2D eigenvalue weighted by molar-refractivity contribution is 7.08. The van der Waals surface area contributed by atoms with E-state index in [1.165, 1.54) is 29.7 Å². The second-order valence-electron chi connectivity index (χ2n) is 4.26. The molecule has 0 radical (unpaired) electrons. The molecule has 0 bridgehead atoms. The second kappa shape index (κ2) is 7.13. The molecule has 3 nitrogen and oxygen atoms in total. The van der Waals surface area contributed by atoms with Crippen molar-refractivity contribution in [2.45, 2.75) is 6.18 Å². The fourth-order valence-electron chi connectivity index (χ4n) is 1.64. The molecule has 1 aromatic carbocycles. The van der Waals surface area contributed by atoms with Gasteiger partial charge in [-0.05, 0) is 46.2 Å². The molecule has 116 valence electrons. The lowest BCUT2D eigenvalue weighted by Crippen LogP contribution is -2.15. The zero-order valence-corrected chi connectivity index (χ0v) is 12.2. The van der Waals surface area contributed by atoms with Crippen molar-refractivity contribution < 1.29 is 17.9 Å². The van der Waals surface area contributed by atoms with Crippen LogP contribution in [-0.4, -0.2) is 12.6 Å². The van der Waals surface area contributed by atoms with Gasteiger partial charge in [0.1, 0.15) is 0 Å². The van der Waals surface area contributed by atoms with Crippen LogP contribution in [0.15, 0.2) is 58.4 Å². The first-order valence-corrected chi connectivity index (χ1v) is 7.22. The number of thiophene rings is 1. The van der Waals surface area contributed by atoms with Crippen LogP contribution in [0.4, 0.5) is 13.2 Å². The monoisotopic (exact) mass is 326 g/mol. The van der Waals surface area contributed by atoms with Gasteiger partial charge in [0, 0.05) is 0 Å². The average Bonchev–Trinajstić information content (AvgIpc) is 3.02. The highest BCUT2D eigenvalue weighted by atomic mass is 32.1. The molecule has 0 amide bonds. The Morgan fingerprint density at radius 2 is 2.00 bits per heavy atom. The van der Waals surface area contributed by atoms with E-state index in [1.54, 1.807) is 18.2 Å². The summed E-state index contributed by atoms with van der Waals surface area (Å²) in [5.41, 5.74) is 5.93. The summed E-state index contributed by atoms with van der Waals surface area (Å²) in [5, 5.41) is 3.67. The van der Waals surface area contributed by atoms with E-state index in [4.69, 9.17) is 5.73 Å². The van der Waals surface area contributed by atoms with Gasteiger partial charge in [0.25, 0.3) is 6.02 Å². The molecule has 1 aromatic heterocycles. The van der Waals surface area contributed by atoms with E-state index in [0.717, 1.165) is 11.6 Å². The van der Waals surface area contributed by atoms with Gasteiger partial charge in [-0.15, -0.1) is 0 Å². The van der Waals surface area contributed by atoms with Gasteiger partial charge in [-0.25, -0.2) is 4.99 Å². The van der Waals surface area contributed by atoms with Gasteiger partial charge in [0.2, 0.25) is 0 Å². The average molecular weight is 326 g/mol. The van der Waals surface area contributed by atoms with Gasteiger partial charge < -0.3 is 10.5 Å². The van der Waals surface area contributed by atoms with Crippen molar-refractivity contribution >= 4 is 17.4 Å². The Kier molecular flexibility index (Phi) is 5.21. The highest BCUT2D eigenvalue weighted by Crippen LogP contribution is 2.32. The molecular formula is C15H13F3N2OS. The number of hydrogen-bond donors (Lipinski definition) is 1. The van der Waals surface area contributed by atoms with E-state index in [2.05, 4.69) is 9.73 Å². The molecule has 0 saturated carbocycles. The van der Waals surface area contributed by atoms with Crippen LogP contribution in [-0.2, 0) is 10.9 Å². The van der Waals surface area contributed by atoms with Crippen LogP contribution < -0.4 is 5.73 Å². The summed E-state index contributed by atoms with van der Waals surface area (Å²) < 4.78 is 41.9. The van der Waals surface area contributed by atoms with Gasteiger partial charge in [0.05, 0.1) is 18.4 Å². The lowest BCUT2D eigenvalue weighted by atomic mass is 10.1. The van der Waals surface area contributed by atoms with Crippen LogP contribution in [0.5, 0.6) is 0 Å². The lowest BCUT2D eigenvalue weighted by Gasteiger charge is -2.07. The maximum Gasteiger partial charge on any atom is 0.416 e. The molecule has 22 heavy (non-hydrogen) atoms. The largest absolute Gasteiger partial charge is 0.435 e. The molecule has 1 aliphatic rings. The van der Waals surface area contributed by atoms with E-state index in [1.807, 2.05) is 10.8 Å². The van der Waals surface area contributed by atoms with Crippen molar-refractivity contribution in [2.75, 3.05) is 6.54 Å². The quantitative estimate of drug-likeness (QED) is 0.850. The van der Waals surface area contributed by atoms with Crippen molar-refractivity contribution in [1.82, 2.24) is 0 Å². The van der Waals surface area contributed by atoms with E-state index in [0.29, 0.717) is 12.1 Å². The van der Waals surface area contributed by atoms with Gasteiger partial charge in [-0.1, -0.05) is 12.1 Å². The zero-order chi connectivity index (χ0) is 16.0. The lowest BCUT2D eigenvalue weighted by molar-refractivity contribution is -0.137. The summed E-state index contributed by atoms with van der Waals surface area (Å²) in [6, 6.07) is 7.41. The summed E-state index contributed by atoms with van der Waals surface area (Å²) in [6.07, 6.45) is -0.954. The van der Waals surface area contributed by atoms with E-state index >= 15 is 0 Å². The molecule has 0 aliphatic carbocycles. The molecule has 0 fully saturated rings. The highest BCUT2D eigenvalue weighted by Gasteiger charge is 2.30. The first-order valence-electron chi connectivity index (χ1n) is 6.28. The number of nitrogens with two attached hydrogens (primary N) is 1. The van der Waals surface area contributed by atoms with Gasteiger partial charge in [0.15, 0.2) is 0 Å². The summed E-state index contributed by atoms with van der Waals surface area (Å²) >= 11 is 1.47. The van der Waals surface area contributed by atoms with Crippen LogP contribution in [0.1, 0.15) is 5.56 Å². The van der Waals surface area contributed by atoms with E-state index < -0.39 is 11.7 Å². The third kappa shape index (κ3) is 4.63. The Balaban J connectivity index is 0.000000211. The van der Waals surface area contributed by atoms with Crippen molar-refractivity contribution in [2.24, 2.45) is 10.7 Å². The summed E-state index contributed by atoms with van der Waals surface area (Å²) in [6.45, 7) is 0.645. The SMILES string of the molecule is FC(F)(F)c1cccc(-c2ccsc2)c1.NC1=NCC=CO1. The second-order valence-corrected chi connectivity index (χ2v) is 5.04. The number of halogens is 3. The van der Waals surface area contributed by atoms with Crippen LogP contribution in [0.25, 0.3) is 11.1 Å². The topological polar surface area (TPSA) is 47.6 Å². The first-order chi connectivity index (χ1) is 10.5. The molecule has 0 saturated heterocycles. The van der Waals surface area contributed by atoms with Gasteiger partial charge in [-0.3, -0.25) is 0 Å². The predicted molar refractivity (Wildman–Crippen MR) is 81.5 cm³/mol. The molecule has 0 unspecified atom stereocenters. The fraction of sp³-hybridized carbons (Fsp3) is 0.133. The maximum absolute atomic E-state index is 12.4. The zero-order valence-electron chi connectivity index (χ0n) is 11.4. The molecule has 2 heterocycles. The van der Waals surface area contributed by atoms with E-state index in [-0.39, 0.29) is 6.02 Å². The molecule has 3 rings (SSSR count). The number of ether oxygens (including phenoxy) is 1. The van der Waals surface area contributed by atoms with Gasteiger partial charge >= 0.3 is 6.18 Å². The number of hydrogen-bond acceptors (Lipinski definition) is 4. The van der Waals surface area contributed by atoms with E-state index in [9.17, 15) is 13.2 Å². The minimum Gasteiger partial charge on any atom is -0.435 e. The Labute approximate surface area is 129 Å². The molecule has 2 N–H and O–H groups in total. The van der Waals surface area contributed by atoms with Crippen LogP contribution in [0.2, 0.25) is 0 Å². The maximum atomic E-state index is 12.4. The number of amidine groups is 1. The third-order valence-electron chi connectivity index (χ3n) is 2.68. The third-order valence-corrected chi connectivity index (χ3v) is 3.37. The molecular weight excluding hydrogens is 313 g/mol. The molecule has 0 spiro atoms. The molecule has 7 heteroatoms. The Morgan fingerprint density at radius 1 is 1.18 bits per heavy atom. The number of rotatable bonds is 1.